The van der Waals surface area contributed by atoms with Crippen LogP contribution in [-0.4, -0.2) is 47.6 Å². The number of pyridine rings is 3. The summed E-state index contributed by atoms with van der Waals surface area (Å²) in [6, 6.07) is 68.7. The third kappa shape index (κ3) is 20.7. The van der Waals surface area contributed by atoms with Gasteiger partial charge < -0.3 is 25.3 Å². The first kappa shape index (κ1) is 70.8. The van der Waals surface area contributed by atoms with Crippen molar-refractivity contribution in [1.82, 2.24) is 15.0 Å². The second-order valence-electron chi connectivity index (χ2n) is 19.6. The molecule has 9 nitrogen and oxygen atoms in total. The number of fused-ring (bicyclic) bond motifs is 5. The first-order chi connectivity index (χ1) is 38.7. The Morgan fingerprint density at radius 2 is 1.05 bits per heavy atom. The second-order valence-corrected chi connectivity index (χ2v) is 20.7. The Bertz CT molecular complexity index is 3770. The molecular weight excluding hydrogens is 1600 g/mol. The smallest absolute Gasteiger partial charge is 0.155 e. The number of nitrogens with zero attached hydrogens (tertiary/aromatic N) is 3. The van der Waals surface area contributed by atoms with Gasteiger partial charge in [-0.2, -0.15) is 0 Å². The molecule has 0 unspecified atom stereocenters. The van der Waals surface area contributed by atoms with E-state index in [1.54, 1.807) is 11.3 Å². The summed E-state index contributed by atoms with van der Waals surface area (Å²) in [6.45, 7) is 17.3. The topological polar surface area (TPSA) is 151 Å². The summed E-state index contributed by atoms with van der Waals surface area (Å²) in [5.41, 5.74) is 16.3. The summed E-state index contributed by atoms with van der Waals surface area (Å²) >= 11 is 1.73. The molecule has 0 fully saturated rings. The molecule has 6 aromatic carbocycles. The number of para-hydroxylation sites is 1. The molecule has 0 saturated carbocycles. The fraction of sp³-hybridized carbons (Fsp3) is 0.155. The van der Waals surface area contributed by atoms with Crippen LogP contribution in [0, 0.1) is 32.0 Å². The normalized spacial score (nSPS) is 11.5. The largest absolute Gasteiger partial charge is 0.512 e. The summed E-state index contributed by atoms with van der Waals surface area (Å²) in [7, 11) is 0. The standard InChI is InChI=1S/C23H18N.C20H16N.C13H8NS.3C5H8O2.3Ir/c1-16-12-13-19(14-17(16)2)23-15-21(18-8-4-3-5-9-18)20-10-6-7-11-22(20)24-23;1-20(2)17-8-4-3-7-15(17)16-11-10-14(13-18(16)20)19-9-5-6-12-21-19;1-2-7-12-10(5-1)9-13(15-12)11-6-3-4-8-14-11;3*1-4(6)3-5(2)7;;;/h3-13,15H,1-2H3;3-9,11-13H,1-2H3;1-8H;3*3,6H,1-2H3;;;/q3*-1;;;;;;. The zero-order valence-corrected chi connectivity index (χ0v) is 56.4. The van der Waals surface area contributed by atoms with Crippen molar-refractivity contribution in [3.63, 3.8) is 0 Å². The van der Waals surface area contributed by atoms with Crippen molar-refractivity contribution in [3.05, 3.63) is 258 Å². The van der Waals surface area contributed by atoms with E-state index >= 15 is 0 Å². The average Bonchev–Trinajstić information content (AvgIpc) is 1.79. The van der Waals surface area contributed by atoms with Gasteiger partial charge in [0.2, 0.25) is 0 Å². The third-order valence-corrected chi connectivity index (χ3v) is 13.5. The van der Waals surface area contributed by atoms with Gasteiger partial charge in [-0.05, 0) is 103 Å². The van der Waals surface area contributed by atoms with Crippen LogP contribution >= 0.6 is 11.3 Å². The Morgan fingerprint density at radius 3 is 1.60 bits per heavy atom. The van der Waals surface area contributed by atoms with Crippen LogP contribution in [0.5, 0.6) is 0 Å². The minimum absolute atomic E-state index is 0. The number of aryl methyl sites for hydroxylation is 2. The molecule has 3 N–H and O–H groups in total. The SMILES string of the molecule is CC(=O)C=C(C)O.CC(=O)C=C(C)O.CC(=O)C=C(C)O.CC1(C)c2ccccc2-c2c[c-]c(-c3ccccn3)cc21.Cc1[c-]c(-c2cc(-c3ccccc3)c3ccccc3n2)ccc1C.[Ir].[Ir].[Ir].[c-]1c(-c2ccccn2)sc2ccccc12. The number of hydrogen-bond donors (Lipinski definition) is 3. The Balaban J connectivity index is 0.000000282. The summed E-state index contributed by atoms with van der Waals surface area (Å²) < 4.78 is 1.26. The number of aromatic nitrogens is 3. The molecule has 10 aromatic rings. The first-order valence-electron chi connectivity index (χ1n) is 26.2. The van der Waals surface area contributed by atoms with E-state index < -0.39 is 0 Å². The molecule has 1 aliphatic rings. The van der Waals surface area contributed by atoms with Crippen LogP contribution in [0.2, 0.25) is 0 Å². The van der Waals surface area contributed by atoms with Crippen molar-refractivity contribution < 1.29 is 90.0 Å². The van der Waals surface area contributed by atoms with Gasteiger partial charge in [0, 0.05) is 102 Å². The van der Waals surface area contributed by atoms with Gasteiger partial charge in [-0.3, -0.25) is 19.4 Å². The maximum Gasteiger partial charge on any atom is 0.155 e. The predicted octanol–water partition coefficient (Wildman–Crippen LogP) is 17.7. The molecule has 0 aliphatic heterocycles. The number of thiophene rings is 1. The molecule has 3 radical (unpaired) electrons. The van der Waals surface area contributed by atoms with Gasteiger partial charge in [0.25, 0.3) is 0 Å². The number of benzene rings is 6. The van der Waals surface area contributed by atoms with Gasteiger partial charge in [-0.15, -0.1) is 87.8 Å². The molecule has 0 amide bonds. The molecule has 0 saturated heterocycles. The fourth-order valence-electron chi connectivity index (χ4n) is 8.72. The summed E-state index contributed by atoms with van der Waals surface area (Å²) in [4.78, 5) is 44.8. The van der Waals surface area contributed by atoms with Gasteiger partial charge in [-0.1, -0.05) is 154 Å². The molecule has 0 atom stereocenters. The number of allylic oxidation sites excluding steroid dienone is 6. The zero-order valence-electron chi connectivity index (χ0n) is 48.4. The number of aliphatic hydroxyl groups is 3. The monoisotopic (exact) mass is 1670 g/mol. The van der Waals surface area contributed by atoms with Crippen LogP contribution in [0.1, 0.15) is 77.6 Å². The molecule has 84 heavy (non-hydrogen) atoms. The Kier molecular flexibility index (Phi) is 29.0. The van der Waals surface area contributed by atoms with Crippen molar-refractivity contribution in [2.45, 2.75) is 74.7 Å². The van der Waals surface area contributed by atoms with Crippen LogP contribution in [-0.2, 0) is 80.1 Å². The van der Waals surface area contributed by atoms with E-state index in [1.165, 1.54) is 120 Å². The van der Waals surface area contributed by atoms with E-state index in [2.05, 4.69) is 171 Å². The van der Waals surface area contributed by atoms with Crippen LogP contribution in [0.15, 0.2) is 218 Å². The van der Waals surface area contributed by atoms with Gasteiger partial charge >= 0.3 is 0 Å². The quantitative estimate of drug-likeness (QED) is 0.0805. The van der Waals surface area contributed by atoms with Crippen molar-refractivity contribution in [2.75, 3.05) is 0 Å². The Hall–Kier alpha value is -7.43. The molecule has 0 spiro atoms. The molecule has 11 rings (SSSR count). The van der Waals surface area contributed by atoms with E-state index in [4.69, 9.17) is 20.3 Å². The maximum atomic E-state index is 10.0. The zero-order chi connectivity index (χ0) is 58.6. The molecule has 437 valence electrons. The van der Waals surface area contributed by atoms with Crippen LogP contribution in [0.4, 0.5) is 0 Å². The number of carbonyl (C=O) groups is 3. The third-order valence-electron chi connectivity index (χ3n) is 12.4. The molecule has 0 bridgehead atoms. The maximum absolute atomic E-state index is 10.0. The van der Waals surface area contributed by atoms with Gasteiger partial charge in [-0.25, -0.2) is 11.3 Å². The molecule has 4 aromatic heterocycles. The molecule has 4 heterocycles. The van der Waals surface area contributed by atoms with Crippen LogP contribution < -0.4 is 0 Å². The van der Waals surface area contributed by atoms with Crippen LogP contribution in [0.25, 0.3) is 76.3 Å². The van der Waals surface area contributed by atoms with Gasteiger partial charge in [0.1, 0.15) is 0 Å². The van der Waals surface area contributed by atoms with E-state index in [1.807, 2.05) is 67.0 Å². The number of rotatable bonds is 7. The average molecular weight is 1670 g/mol. The Morgan fingerprint density at radius 1 is 0.512 bits per heavy atom. The molecule has 13 heteroatoms. The number of aliphatic hydroxyl groups excluding tert-OH is 3. The summed E-state index contributed by atoms with van der Waals surface area (Å²) in [5, 5.41) is 27.4. The van der Waals surface area contributed by atoms with E-state index in [0.29, 0.717) is 0 Å². The van der Waals surface area contributed by atoms with Crippen LogP contribution in [0.3, 0.4) is 0 Å². The van der Waals surface area contributed by atoms with Crippen molar-refractivity contribution in [1.29, 1.82) is 0 Å². The van der Waals surface area contributed by atoms with E-state index in [9.17, 15) is 14.4 Å². The van der Waals surface area contributed by atoms with Crippen molar-refractivity contribution in [3.8, 4) is 55.3 Å². The second kappa shape index (κ2) is 34.4. The van der Waals surface area contributed by atoms with E-state index in [0.717, 1.165) is 38.6 Å². The first-order valence-corrected chi connectivity index (χ1v) is 27.0. The number of ketones is 3. The minimum Gasteiger partial charge on any atom is -0.512 e. The summed E-state index contributed by atoms with van der Waals surface area (Å²) in [5.74, 6) is -0.187. The fourth-order valence-corrected chi connectivity index (χ4v) is 9.70. The molecule has 1 aliphatic carbocycles. The van der Waals surface area contributed by atoms with Crippen molar-refractivity contribution >= 4 is 49.7 Å². The van der Waals surface area contributed by atoms with E-state index in [-0.39, 0.29) is 100 Å². The Labute approximate surface area is 538 Å². The van der Waals surface area contributed by atoms with Gasteiger partial charge in [0.15, 0.2) is 17.3 Å². The summed E-state index contributed by atoms with van der Waals surface area (Å²) in [6.07, 6.45) is 7.14. The number of hydrogen-bond acceptors (Lipinski definition) is 10. The predicted molar refractivity (Wildman–Crippen MR) is 332 cm³/mol. The minimum atomic E-state index is -0.125. The number of carbonyl (C=O) groups excluding carboxylic acids is 3. The molecular formula is C71H66Ir3N3O6S-3. The van der Waals surface area contributed by atoms with Gasteiger partial charge in [0.05, 0.1) is 22.8 Å². The van der Waals surface area contributed by atoms with Crippen molar-refractivity contribution in [2.24, 2.45) is 0 Å².